The molecule has 12 heteroatoms. The van der Waals surface area contributed by atoms with Gasteiger partial charge < -0.3 is 36.0 Å². The molecule has 3 aliphatic rings. The van der Waals surface area contributed by atoms with E-state index in [0.717, 1.165) is 11.3 Å². The fourth-order valence-electron chi connectivity index (χ4n) is 5.69. The predicted molar refractivity (Wildman–Crippen MR) is 174 cm³/mol. The molecule has 4 bridgehead atoms. The number of carbonyl (C=O) groups is 4. The minimum atomic E-state index is -1.03. The monoisotopic (exact) mass is 645 g/mol. The van der Waals surface area contributed by atoms with E-state index in [2.05, 4.69) is 26.2 Å². The number of anilines is 1. The van der Waals surface area contributed by atoms with Crippen molar-refractivity contribution < 1.29 is 33.4 Å². The van der Waals surface area contributed by atoms with Gasteiger partial charge in [0.15, 0.2) is 0 Å². The number of carbonyl (C=O) groups excluding carboxylic acids is 4. The van der Waals surface area contributed by atoms with Crippen LogP contribution in [0.25, 0.3) is 0 Å². The van der Waals surface area contributed by atoms with Gasteiger partial charge in [-0.15, -0.1) is 0 Å². The lowest BCUT2D eigenvalue weighted by molar-refractivity contribution is -0.132. The number of fused-ring (bicyclic) bond motifs is 11. The molecule has 5 N–H and O–H groups in total. The average molecular weight is 646 g/mol. The fraction of sp³-hybridized carbons (Fsp3) is 0.371. The molecule has 4 amide bonds. The molecule has 47 heavy (non-hydrogen) atoms. The zero-order chi connectivity index (χ0) is 33.7. The third-order valence-corrected chi connectivity index (χ3v) is 8.47. The molecule has 0 aromatic heterocycles. The van der Waals surface area contributed by atoms with Gasteiger partial charge in [0.1, 0.15) is 41.2 Å². The average Bonchev–Trinajstić information content (AvgIpc) is 3.05. The van der Waals surface area contributed by atoms with Crippen LogP contribution in [0.15, 0.2) is 66.7 Å². The van der Waals surface area contributed by atoms with Gasteiger partial charge in [0.2, 0.25) is 17.7 Å². The molecule has 0 unspecified atom stereocenters. The third kappa shape index (κ3) is 8.37. The first-order chi connectivity index (χ1) is 22.5. The van der Waals surface area contributed by atoms with Crippen LogP contribution < -0.4 is 30.9 Å². The van der Waals surface area contributed by atoms with Crippen molar-refractivity contribution in [2.75, 3.05) is 18.0 Å². The smallest absolute Gasteiger partial charge is 0.255 e. The zero-order valence-electron chi connectivity index (χ0n) is 26.6. The Hall–Kier alpha value is -5.13. The Morgan fingerprint density at radius 1 is 0.915 bits per heavy atom. The number of hydrogen-bond donors (Lipinski definition) is 5. The third-order valence-electron chi connectivity index (χ3n) is 8.47. The SMILES string of the molecule is CC(C)[C@@H]1NC(=O)c2cc(ccc2O)Oc2ccc(cc2)C[C@H](C(=O)NC2CCN(c3ccc(F)cc3)CC2)NC(=O)[C@H](C)NC1=O. The summed E-state index contributed by atoms with van der Waals surface area (Å²) in [4.78, 5) is 55.6. The van der Waals surface area contributed by atoms with Gasteiger partial charge in [-0.05, 0) is 85.8 Å². The number of amides is 4. The molecule has 0 saturated carbocycles. The molecule has 0 aliphatic carbocycles. The summed E-state index contributed by atoms with van der Waals surface area (Å²) in [5.74, 6) is -2.36. The first-order valence-corrected chi connectivity index (χ1v) is 15.8. The largest absolute Gasteiger partial charge is 0.507 e. The van der Waals surface area contributed by atoms with Crippen molar-refractivity contribution in [3.8, 4) is 17.2 Å². The maximum Gasteiger partial charge on any atom is 0.255 e. The summed E-state index contributed by atoms with van der Waals surface area (Å²) in [7, 11) is 0. The Morgan fingerprint density at radius 3 is 2.23 bits per heavy atom. The molecule has 1 fully saturated rings. The van der Waals surface area contributed by atoms with E-state index in [1.54, 1.807) is 50.2 Å². The molecule has 11 nitrogen and oxygen atoms in total. The Balaban J connectivity index is 1.35. The van der Waals surface area contributed by atoms with Crippen molar-refractivity contribution in [1.82, 2.24) is 21.3 Å². The predicted octanol–water partition coefficient (Wildman–Crippen LogP) is 3.41. The lowest BCUT2D eigenvalue weighted by Crippen LogP contribution is -2.58. The molecule has 3 aliphatic heterocycles. The highest BCUT2D eigenvalue weighted by atomic mass is 19.1. The lowest BCUT2D eigenvalue weighted by atomic mass is 10.0. The standard InChI is InChI=1S/C35H40FN5O6/c1-20(2)31-35(46)37-21(3)32(43)39-29(34(45)38-24-14-16-41(17-15-24)25-8-6-23(36)7-9-25)18-22-4-10-26(11-5-22)47-27-12-13-30(42)28(19-27)33(44)40-31/h4-13,19-21,24,29,31,42H,14-18H2,1-3H3,(H,37,46)(H,38,45)(H,39,43)(H,40,44)/t21-,29+,31-/m0/s1. The van der Waals surface area contributed by atoms with Gasteiger partial charge in [-0.3, -0.25) is 19.2 Å². The number of halogens is 1. The molecule has 3 heterocycles. The first-order valence-electron chi connectivity index (χ1n) is 15.8. The van der Waals surface area contributed by atoms with Crippen molar-refractivity contribution in [2.24, 2.45) is 5.92 Å². The van der Waals surface area contributed by atoms with E-state index < -0.39 is 35.8 Å². The van der Waals surface area contributed by atoms with Crippen LogP contribution in [0.2, 0.25) is 0 Å². The molecule has 0 radical (unpaired) electrons. The van der Waals surface area contributed by atoms with Crippen LogP contribution in [-0.2, 0) is 20.8 Å². The fourth-order valence-corrected chi connectivity index (χ4v) is 5.69. The van der Waals surface area contributed by atoms with Gasteiger partial charge >= 0.3 is 0 Å². The van der Waals surface area contributed by atoms with Crippen molar-refractivity contribution in [3.05, 3.63) is 83.7 Å². The number of phenolic OH excluding ortho intramolecular Hbond substituents is 1. The second-order valence-electron chi connectivity index (χ2n) is 12.4. The van der Waals surface area contributed by atoms with Gasteiger partial charge in [0.25, 0.3) is 5.91 Å². The number of rotatable bonds is 4. The minimum Gasteiger partial charge on any atom is -0.507 e. The highest BCUT2D eigenvalue weighted by Crippen LogP contribution is 2.28. The van der Waals surface area contributed by atoms with E-state index in [1.165, 1.54) is 37.3 Å². The van der Waals surface area contributed by atoms with Gasteiger partial charge in [0, 0.05) is 31.2 Å². The summed E-state index contributed by atoms with van der Waals surface area (Å²) >= 11 is 0. The second-order valence-corrected chi connectivity index (χ2v) is 12.4. The number of aromatic hydroxyl groups is 1. The van der Waals surface area contributed by atoms with Gasteiger partial charge in [0.05, 0.1) is 5.56 Å². The molecule has 3 atom stereocenters. The first kappa shape index (κ1) is 33.2. The number of benzene rings is 3. The Labute approximate surface area is 272 Å². The van der Waals surface area contributed by atoms with E-state index in [1.807, 2.05) is 0 Å². The Kier molecular flexibility index (Phi) is 10.3. The normalized spacial score (nSPS) is 21.2. The van der Waals surface area contributed by atoms with Crippen LogP contribution in [-0.4, -0.2) is 66.0 Å². The molecular weight excluding hydrogens is 605 g/mol. The number of phenols is 1. The lowest BCUT2D eigenvalue weighted by Gasteiger charge is -2.34. The highest BCUT2D eigenvalue weighted by Gasteiger charge is 2.31. The summed E-state index contributed by atoms with van der Waals surface area (Å²) in [5, 5.41) is 21.6. The molecule has 1 saturated heterocycles. The van der Waals surface area contributed by atoms with E-state index in [0.29, 0.717) is 37.4 Å². The van der Waals surface area contributed by atoms with Crippen molar-refractivity contribution in [1.29, 1.82) is 0 Å². The summed E-state index contributed by atoms with van der Waals surface area (Å²) in [6, 6.07) is 14.4. The number of ether oxygens (including phenoxy) is 1. The summed E-state index contributed by atoms with van der Waals surface area (Å²) in [6.45, 7) is 6.34. The van der Waals surface area contributed by atoms with Crippen LogP contribution in [0.3, 0.4) is 0 Å². The quantitative estimate of drug-likeness (QED) is 0.273. The molecule has 248 valence electrons. The van der Waals surface area contributed by atoms with Gasteiger partial charge in [-0.25, -0.2) is 4.39 Å². The van der Waals surface area contributed by atoms with Gasteiger partial charge in [-0.2, -0.15) is 0 Å². The molecule has 6 rings (SSSR count). The van der Waals surface area contributed by atoms with E-state index in [-0.39, 0.29) is 41.4 Å². The van der Waals surface area contributed by atoms with Crippen LogP contribution >= 0.6 is 0 Å². The van der Waals surface area contributed by atoms with E-state index >= 15 is 0 Å². The van der Waals surface area contributed by atoms with Crippen LogP contribution in [0.5, 0.6) is 17.2 Å². The summed E-state index contributed by atoms with van der Waals surface area (Å²) < 4.78 is 19.3. The van der Waals surface area contributed by atoms with E-state index in [9.17, 15) is 28.7 Å². The highest BCUT2D eigenvalue weighted by molar-refractivity contribution is 6.00. The van der Waals surface area contributed by atoms with Gasteiger partial charge in [-0.1, -0.05) is 26.0 Å². The zero-order valence-corrected chi connectivity index (χ0v) is 26.6. The number of nitrogens with one attached hydrogen (secondary N) is 4. The van der Waals surface area contributed by atoms with Crippen molar-refractivity contribution in [2.45, 2.75) is 64.2 Å². The maximum absolute atomic E-state index is 13.6. The minimum absolute atomic E-state index is 0.0699. The Morgan fingerprint density at radius 2 is 1.57 bits per heavy atom. The van der Waals surface area contributed by atoms with Crippen LogP contribution in [0, 0.1) is 11.7 Å². The van der Waals surface area contributed by atoms with Crippen LogP contribution in [0.4, 0.5) is 10.1 Å². The maximum atomic E-state index is 13.6. The molecular formula is C35H40FN5O6. The number of hydrogen-bond acceptors (Lipinski definition) is 7. The molecule has 0 spiro atoms. The van der Waals surface area contributed by atoms with Crippen molar-refractivity contribution >= 4 is 29.3 Å². The topological polar surface area (TPSA) is 149 Å². The summed E-state index contributed by atoms with van der Waals surface area (Å²) in [6.07, 6.45) is 1.52. The molecule has 3 aromatic rings. The van der Waals surface area contributed by atoms with Crippen molar-refractivity contribution in [3.63, 3.8) is 0 Å². The Bertz CT molecular complexity index is 1610. The number of piperidine rings is 1. The summed E-state index contributed by atoms with van der Waals surface area (Å²) in [5.41, 5.74) is 1.60. The van der Waals surface area contributed by atoms with E-state index in [4.69, 9.17) is 4.74 Å². The van der Waals surface area contributed by atoms with Crippen LogP contribution in [0.1, 0.15) is 49.5 Å². The second kappa shape index (κ2) is 14.5. The number of nitrogens with zero attached hydrogens (tertiary/aromatic N) is 1. The molecule has 3 aromatic carbocycles.